The van der Waals surface area contributed by atoms with Crippen LogP contribution in [0.15, 0.2) is 30.5 Å². The average Bonchev–Trinajstić information content (AvgIpc) is 2.88. The van der Waals surface area contributed by atoms with E-state index >= 15 is 0 Å². The van der Waals surface area contributed by atoms with Crippen molar-refractivity contribution in [2.45, 2.75) is 13.8 Å². The molecule has 3 N–H and O–H groups in total. The summed E-state index contributed by atoms with van der Waals surface area (Å²) in [6, 6.07) is 5.69. The normalized spacial score (nSPS) is 10.6. The molecule has 0 spiro atoms. The molecule has 0 fully saturated rings. The number of H-pyrrole nitrogens is 1. The van der Waals surface area contributed by atoms with Gasteiger partial charge in [0.2, 0.25) is 5.95 Å². The van der Waals surface area contributed by atoms with Gasteiger partial charge in [0.25, 0.3) is 0 Å². The van der Waals surface area contributed by atoms with Crippen molar-refractivity contribution in [3.63, 3.8) is 0 Å². The van der Waals surface area contributed by atoms with Crippen molar-refractivity contribution in [1.82, 2.24) is 19.9 Å². The van der Waals surface area contributed by atoms with Crippen molar-refractivity contribution in [3.8, 4) is 17.1 Å². The first kappa shape index (κ1) is 15.4. The number of phenols is 1. The SMILES string of the molecule is Cc1nc(-c2ccnc(Nc3ccc(O)c([N+](=O)[O-])c3)n2)c(C)[nH]1. The number of hydrogen-bond donors (Lipinski definition) is 3. The van der Waals surface area contributed by atoms with E-state index in [2.05, 4.69) is 25.3 Å². The lowest BCUT2D eigenvalue weighted by atomic mass is 10.2. The van der Waals surface area contributed by atoms with Gasteiger partial charge in [-0.3, -0.25) is 10.1 Å². The third-order valence-electron chi connectivity index (χ3n) is 3.33. The molecule has 0 bridgehead atoms. The van der Waals surface area contributed by atoms with Crippen molar-refractivity contribution in [2.24, 2.45) is 0 Å². The van der Waals surface area contributed by atoms with Crippen LogP contribution in [0.25, 0.3) is 11.4 Å². The third kappa shape index (κ3) is 3.00. The van der Waals surface area contributed by atoms with Gasteiger partial charge in [-0.25, -0.2) is 15.0 Å². The molecule has 0 aliphatic rings. The number of aromatic hydroxyl groups is 1. The van der Waals surface area contributed by atoms with Crippen LogP contribution in [0, 0.1) is 24.0 Å². The second kappa shape index (κ2) is 5.95. The molecule has 0 aliphatic carbocycles. The maximum atomic E-state index is 10.9. The van der Waals surface area contributed by atoms with E-state index in [1.54, 1.807) is 12.3 Å². The zero-order valence-electron chi connectivity index (χ0n) is 12.9. The number of aryl methyl sites for hydroxylation is 2. The summed E-state index contributed by atoms with van der Waals surface area (Å²) in [7, 11) is 0. The van der Waals surface area contributed by atoms with Gasteiger partial charge in [0, 0.05) is 23.6 Å². The largest absolute Gasteiger partial charge is 0.502 e. The Bertz CT molecular complexity index is 921. The van der Waals surface area contributed by atoms with Gasteiger partial charge in [-0.05, 0) is 32.0 Å². The zero-order valence-corrected chi connectivity index (χ0v) is 12.9. The van der Waals surface area contributed by atoms with Gasteiger partial charge in [0.15, 0.2) is 5.75 Å². The van der Waals surface area contributed by atoms with E-state index < -0.39 is 16.4 Å². The van der Waals surface area contributed by atoms with Gasteiger partial charge >= 0.3 is 5.69 Å². The van der Waals surface area contributed by atoms with Crippen LogP contribution in [-0.2, 0) is 0 Å². The Kier molecular flexibility index (Phi) is 3.82. The summed E-state index contributed by atoms with van der Waals surface area (Å²) in [5.41, 5.74) is 2.23. The van der Waals surface area contributed by atoms with Gasteiger partial charge in [-0.15, -0.1) is 0 Å². The van der Waals surface area contributed by atoms with Crippen LogP contribution >= 0.6 is 0 Å². The highest BCUT2D eigenvalue weighted by Crippen LogP contribution is 2.29. The molecule has 3 aromatic rings. The number of nitrogens with one attached hydrogen (secondary N) is 2. The fourth-order valence-electron chi connectivity index (χ4n) is 2.29. The van der Waals surface area contributed by atoms with Gasteiger partial charge in [-0.2, -0.15) is 0 Å². The Labute approximate surface area is 136 Å². The van der Waals surface area contributed by atoms with E-state index in [0.717, 1.165) is 17.2 Å². The van der Waals surface area contributed by atoms with Crippen molar-refractivity contribution in [3.05, 3.63) is 52.1 Å². The van der Waals surface area contributed by atoms with Gasteiger partial charge in [0.05, 0.1) is 10.6 Å². The molecule has 9 nitrogen and oxygen atoms in total. The van der Waals surface area contributed by atoms with Crippen molar-refractivity contribution >= 4 is 17.3 Å². The maximum absolute atomic E-state index is 10.9. The summed E-state index contributed by atoms with van der Waals surface area (Å²) >= 11 is 0. The number of nitrogens with zero attached hydrogens (tertiary/aromatic N) is 4. The molecule has 3 rings (SSSR count). The Balaban J connectivity index is 1.92. The second-order valence-corrected chi connectivity index (χ2v) is 5.15. The zero-order chi connectivity index (χ0) is 17.3. The van der Waals surface area contributed by atoms with E-state index in [9.17, 15) is 15.2 Å². The third-order valence-corrected chi connectivity index (χ3v) is 3.33. The van der Waals surface area contributed by atoms with Crippen LogP contribution in [-0.4, -0.2) is 30.0 Å². The molecule has 0 aliphatic heterocycles. The van der Waals surface area contributed by atoms with Crippen LogP contribution in [0.1, 0.15) is 11.5 Å². The summed E-state index contributed by atoms with van der Waals surface area (Å²) in [5, 5.41) is 23.3. The minimum absolute atomic E-state index is 0.271. The highest BCUT2D eigenvalue weighted by molar-refractivity contribution is 5.64. The summed E-state index contributed by atoms with van der Waals surface area (Å²) in [4.78, 5) is 26.2. The number of hydrogen-bond acceptors (Lipinski definition) is 7. The van der Waals surface area contributed by atoms with Crippen molar-refractivity contribution < 1.29 is 10.0 Å². The van der Waals surface area contributed by atoms with E-state index in [0.29, 0.717) is 11.4 Å². The Morgan fingerprint density at radius 1 is 1.25 bits per heavy atom. The lowest BCUT2D eigenvalue weighted by Crippen LogP contribution is -1.99. The van der Waals surface area contributed by atoms with E-state index in [4.69, 9.17) is 0 Å². The Hall–Kier alpha value is -3.49. The minimum atomic E-state index is -0.659. The molecule has 2 heterocycles. The molecular weight excluding hydrogens is 312 g/mol. The fourth-order valence-corrected chi connectivity index (χ4v) is 2.29. The summed E-state index contributed by atoms with van der Waals surface area (Å²) in [5.74, 6) is 0.653. The number of imidazole rings is 1. The molecule has 2 aromatic heterocycles. The topological polar surface area (TPSA) is 130 Å². The molecule has 0 saturated heterocycles. The predicted octanol–water partition coefficient (Wildman–Crippen LogP) is 2.84. The molecule has 0 atom stereocenters. The highest BCUT2D eigenvalue weighted by Gasteiger charge is 2.14. The van der Waals surface area contributed by atoms with Gasteiger partial charge in [0.1, 0.15) is 11.5 Å². The number of rotatable bonds is 4. The van der Waals surface area contributed by atoms with Gasteiger partial charge < -0.3 is 15.4 Å². The minimum Gasteiger partial charge on any atom is -0.502 e. The van der Waals surface area contributed by atoms with Crippen molar-refractivity contribution in [2.75, 3.05) is 5.32 Å². The van der Waals surface area contributed by atoms with E-state index in [1.807, 2.05) is 13.8 Å². The van der Waals surface area contributed by atoms with Crippen LogP contribution in [0.5, 0.6) is 5.75 Å². The van der Waals surface area contributed by atoms with Crippen LogP contribution in [0.4, 0.5) is 17.3 Å². The second-order valence-electron chi connectivity index (χ2n) is 5.15. The molecule has 9 heteroatoms. The molecule has 0 unspecified atom stereocenters. The standard InChI is InChI=1S/C15H14N6O3/c1-8-14(18-9(2)17-8)11-5-6-16-15(20-11)19-10-3-4-13(22)12(7-10)21(23)24/h3-7,22H,1-2H3,(H,17,18)(H,16,19,20). The first-order chi connectivity index (χ1) is 11.4. The van der Waals surface area contributed by atoms with Crippen molar-refractivity contribution in [1.29, 1.82) is 0 Å². The number of aromatic nitrogens is 4. The molecule has 24 heavy (non-hydrogen) atoms. The maximum Gasteiger partial charge on any atom is 0.312 e. The highest BCUT2D eigenvalue weighted by atomic mass is 16.6. The number of nitro benzene ring substituents is 1. The molecule has 122 valence electrons. The fraction of sp³-hybridized carbons (Fsp3) is 0.133. The number of anilines is 2. The lowest BCUT2D eigenvalue weighted by molar-refractivity contribution is -0.385. The summed E-state index contributed by atoms with van der Waals surface area (Å²) in [6.45, 7) is 3.75. The number of nitro groups is 1. The first-order valence-electron chi connectivity index (χ1n) is 7.05. The van der Waals surface area contributed by atoms with Crippen LogP contribution in [0.3, 0.4) is 0 Å². The molecule has 0 radical (unpaired) electrons. The van der Waals surface area contributed by atoms with Crippen LogP contribution in [0.2, 0.25) is 0 Å². The van der Waals surface area contributed by atoms with E-state index in [-0.39, 0.29) is 5.95 Å². The number of aromatic amines is 1. The number of phenolic OH excluding ortho intramolecular Hbond substituents is 1. The lowest BCUT2D eigenvalue weighted by Gasteiger charge is -2.06. The Morgan fingerprint density at radius 3 is 2.71 bits per heavy atom. The monoisotopic (exact) mass is 326 g/mol. The molecule has 0 saturated carbocycles. The predicted molar refractivity (Wildman–Crippen MR) is 87.1 cm³/mol. The molecule has 1 aromatic carbocycles. The average molecular weight is 326 g/mol. The summed E-state index contributed by atoms with van der Waals surface area (Å²) in [6.07, 6.45) is 1.57. The van der Waals surface area contributed by atoms with Gasteiger partial charge in [-0.1, -0.05) is 0 Å². The summed E-state index contributed by atoms with van der Waals surface area (Å²) < 4.78 is 0. The number of benzene rings is 1. The molecular formula is C15H14N6O3. The molecule has 0 amide bonds. The van der Waals surface area contributed by atoms with Crippen LogP contribution < -0.4 is 5.32 Å². The first-order valence-corrected chi connectivity index (χ1v) is 7.05. The van der Waals surface area contributed by atoms with E-state index in [1.165, 1.54) is 18.2 Å². The Morgan fingerprint density at radius 2 is 2.04 bits per heavy atom. The quantitative estimate of drug-likeness (QED) is 0.382. The smallest absolute Gasteiger partial charge is 0.312 e.